The van der Waals surface area contributed by atoms with Crippen LogP contribution in [0.3, 0.4) is 0 Å². The minimum atomic E-state index is -0.975. The molecule has 3 rings (SSSR count). The second-order valence-corrected chi connectivity index (χ2v) is 6.74. The van der Waals surface area contributed by atoms with E-state index in [4.69, 9.17) is 0 Å². The van der Waals surface area contributed by atoms with Gasteiger partial charge >= 0.3 is 5.97 Å². The van der Waals surface area contributed by atoms with Crippen LogP contribution in [0.15, 0.2) is 18.2 Å². The average molecular weight is 377 g/mol. The van der Waals surface area contributed by atoms with Crippen molar-refractivity contribution in [2.75, 3.05) is 13.7 Å². The quantitative estimate of drug-likeness (QED) is 0.752. The van der Waals surface area contributed by atoms with Gasteiger partial charge in [0.1, 0.15) is 6.54 Å². The van der Waals surface area contributed by atoms with Gasteiger partial charge in [-0.05, 0) is 45.2 Å². The number of fused-ring (bicyclic) bond motifs is 1. The van der Waals surface area contributed by atoms with Gasteiger partial charge in [0.05, 0.1) is 12.8 Å². The molecule has 1 aromatic carbocycles. The standard InChI is InChI=1S/C19H21F2N3O3/c1-11(2)23(10-17(25)27-3)19(26)18-13-5-4-6-16(13)24(22-18)12-7-8-14(20)15(21)9-12/h7-9,11H,4-6,10H2,1-3H3. The molecular weight excluding hydrogens is 356 g/mol. The highest BCUT2D eigenvalue weighted by molar-refractivity contribution is 5.96. The van der Waals surface area contributed by atoms with Crippen LogP contribution in [0, 0.1) is 11.6 Å². The lowest BCUT2D eigenvalue weighted by molar-refractivity contribution is -0.141. The van der Waals surface area contributed by atoms with Crippen molar-refractivity contribution in [3.8, 4) is 5.69 Å². The fourth-order valence-electron chi connectivity index (χ4n) is 3.27. The van der Waals surface area contributed by atoms with Crippen molar-refractivity contribution in [1.29, 1.82) is 0 Å². The van der Waals surface area contributed by atoms with E-state index in [-0.39, 0.29) is 24.2 Å². The first kappa shape index (κ1) is 19.0. The molecular formula is C19H21F2N3O3. The van der Waals surface area contributed by atoms with Gasteiger partial charge in [-0.25, -0.2) is 13.5 Å². The maximum absolute atomic E-state index is 13.7. The maximum Gasteiger partial charge on any atom is 0.325 e. The van der Waals surface area contributed by atoms with E-state index < -0.39 is 17.6 Å². The molecule has 0 saturated carbocycles. The Morgan fingerprint density at radius 3 is 2.63 bits per heavy atom. The van der Waals surface area contributed by atoms with E-state index in [2.05, 4.69) is 9.84 Å². The molecule has 0 fully saturated rings. The van der Waals surface area contributed by atoms with Gasteiger partial charge < -0.3 is 9.64 Å². The second-order valence-electron chi connectivity index (χ2n) is 6.74. The molecule has 6 nitrogen and oxygen atoms in total. The zero-order valence-corrected chi connectivity index (χ0v) is 15.5. The van der Waals surface area contributed by atoms with E-state index in [1.807, 2.05) is 0 Å². The summed E-state index contributed by atoms with van der Waals surface area (Å²) in [5, 5.41) is 4.39. The Bertz CT molecular complexity index is 893. The number of hydrogen-bond acceptors (Lipinski definition) is 4. The van der Waals surface area contributed by atoms with Crippen molar-refractivity contribution in [3.63, 3.8) is 0 Å². The number of halogens is 2. The lowest BCUT2D eigenvalue weighted by Gasteiger charge is -2.25. The summed E-state index contributed by atoms with van der Waals surface area (Å²) >= 11 is 0. The van der Waals surface area contributed by atoms with Crippen LogP contribution in [-0.4, -0.2) is 46.3 Å². The predicted molar refractivity (Wildman–Crippen MR) is 93.7 cm³/mol. The third-order valence-electron chi connectivity index (χ3n) is 4.69. The minimum absolute atomic E-state index is 0.181. The molecule has 1 heterocycles. The number of hydrogen-bond donors (Lipinski definition) is 0. The Balaban J connectivity index is 2.02. The molecule has 0 unspecified atom stereocenters. The molecule has 144 valence electrons. The lowest BCUT2D eigenvalue weighted by atomic mass is 10.1. The van der Waals surface area contributed by atoms with Crippen molar-refractivity contribution in [2.24, 2.45) is 0 Å². The largest absolute Gasteiger partial charge is 0.468 e. The molecule has 1 aromatic heterocycles. The molecule has 0 saturated heterocycles. The summed E-state index contributed by atoms with van der Waals surface area (Å²) in [6, 6.07) is 3.28. The van der Waals surface area contributed by atoms with E-state index >= 15 is 0 Å². The van der Waals surface area contributed by atoms with Gasteiger partial charge in [0, 0.05) is 23.4 Å². The van der Waals surface area contributed by atoms with Crippen molar-refractivity contribution in [3.05, 3.63) is 46.8 Å². The van der Waals surface area contributed by atoms with Crippen molar-refractivity contribution >= 4 is 11.9 Å². The van der Waals surface area contributed by atoms with Crippen LogP contribution >= 0.6 is 0 Å². The van der Waals surface area contributed by atoms with Gasteiger partial charge in [-0.15, -0.1) is 0 Å². The van der Waals surface area contributed by atoms with E-state index in [1.54, 1.807) is 13.8 Å². The summed E-state index contributed by atoms with van der Waals surface area (Å²) < 4.78 is 33.1. The first-order valence-electron chi connectivity index (χ1n) is 8.77. The Morgan fingerprint density at radius 1 is 1.26 bits per heavy atom. The van der Waals surface area contributed by atoms with E-state index in [9.17, 15) is 18.4 Å². The Labute approximate surface area is 155 Å². The summed E-state index contributed by atoms with van der Waals surface area (Å²) in [6.07, 6.45) is 2.20. The zero-order chi connectivity index (χ0) is 19.7. The van der Waals surface area contributed by atoms with Gasteiger partial charge in [-0.2, -0.15) is 5.10 Å². The molecule has 0 aliphatic heterocycles. The molecule has 1 amide bonds. The summed E-state index contributed by atoms with van der Waals surface area (Å²) in [7, 11) is 1.26. The molecule has 0 bridgehead atoms. The number of carbonyl (C=O) groups is 2. The lowest BCUT2D eigenvalue weighted by Crippen LogP contribution is -2.41. The van der Waals surface area contributed by atoms with Crippen LogP contribution < -0.4 is 0 Å². The second kappa shape index (κ2) is 7.46. The van der Waals surface area contributed by atoms with Gasteiger partial charge in [0.2, 0.25) is 0 Å². The number of rotatable bonds is 5. The molecule has 1 aliphatic rings. The van der Waals surface area contributed by atoms with E-state index in [1.165, 1.54) is 22.8 Å². The van der Waals surface area contributed by atoms with Crippen molar-refractivity contribution in [1.82, 2.24) is 14.7 Å². The first-order valence-corrected chi connectivity index (χ1v) is 8.77. The average Bonchev–Trinajstić information content (AvgIpc) is 3.23. The van der Waals surface area contributed by atoms with Gasteiger partial charge in [0.25, 0.3) is 5.91 Å². The number of ether oxygens (including phenoxy) is 1. The van der Waals surface area contributed by atoms with Crippen molar-refractivity contribution < 1.29 is 23.1 Å². The number of carbonyl (C=O) groups excluding carboxylic acids is 2. The molecule has 2 aromatic rings. The van der Waals surface area contributed by atoms with Gasteiger partial charge in [0.15, 0.2) is 17.3 Å². The number of benzene rings is 1. The summed E-state index contributed by atoms with van der Waals surface area (Å²) in [6.45, 7) is 3.42. The normalized spacial score (nSPS) is 13.0. The summed E-state index contributed by atoms with van der Waals surface area (Å²) in [5.74, 6) is -2.82. The first-order chi connectivity index (χ1) is 12.8. The monoisotopic (exact) mass is 377 g/mol. The van der Waals surface area contributed by atoms with E-state index in [0.29, 0.717) is 18.5 Å². The third kappa shape index (κ3) is 3.56. The van der Waals surface area contributed by atoms with Crippen LogP contribution in [0.1, 0.15) is 42.0 Å². The van der Waals surface area contributed by atoms with Crippen LogP contribution in [0.5, 0.6) is 0 Å². The maximum atomic E-state index is 13.7. The molecule has 0 spiro atoms. The molecule has 0 N–H and O–H groups in total. The number of esters is 1. The smallest absolute Gasteiger partial charge is 0.325 e. The van der Waals surface area contributed by atoms with Crippen molar-refractivity contribution in [2.45, 2.75) is 39.2 Å². The van der Waals surface area contributed by atoms with Gasteiger partial charge in [-0.1, -0.05) is 0 Å². The Kier molecular flexibility index (Phi) is 5.25. The van der Waals surface area contributed by atoms with Crippen LogP contribution in [0.2, 0.25) is 0 Å². The fraction of sp³-hybridized carbons (Fsp3) is 0.421. The number of amides is 1. The summed E-state index contributed by atoms with van der Waals surface area (Å²) in [4.78, 5) is 26.1. The highest BCUT2D eigenvalue weighted by Crippen LogP contribution is 2.29. The molecule has 27 heavy (non-hydrogen) atoms. The Hall–Kier alpha value is -2.77. The number of aromatic nitrogens is 2. The fourth-order valence-corrected chi connectivity index (χ4v) is 3.27. The third-order valence-corrected chi connectivity index (χ3v) is 4.69. The summed E-state index contributed by atoms with van der Waals surface area (Å²) in [5.41, 5.74) is 2.20. The van der Waals surface area contributed by atoms with Crippen LogP contribution in [-0.2, 0) is 22.4 Å². The molecule has 1 aliphatic carbocycles. The van der Waals surface area contributed by atoms with Crippen LogP contribution in [0.4, 0.5) is 8.78 Å². The van der Waals surface area contributed by atoms with Gasteiger partial charge in [-0.3, -0.25) is 9.59 Å². The Morgan fingerprint density at radius 2 is 2.00 bits per heavy atom. The highest BCUT2D eigenvalue weighted by atomic mass is 19.2. The molecule has 8 heteroatoms. The number of methoxy groups -OCH3 is 1. The van der Waals surface area contributed by atoms with Crippen LogP contribution in [0.25, 0.3) is 5.69 Å². The zero-order valence-electron chi connectivity index (χ0n) is 15.5. The molecule has 0 atom stereocenters. The van der Waals surface area contributed by atoms with E-state index in [0.717, 1.165) is 29.8 Å². The SMILES string of the molecule is COC(=O)CN(C(=O)c1nn(-c2ccc(F)c(F)c2)c2c1CCC2)C(C)C. The predicted octanol–water partition coefficient (Wildman–Crippen LogP) is 2.66. The number of nitrogens with zero attached hydrogens (tertiary/aromatic N) is 3. The topological polar surface area (TPSA) is 64.4 Å². The minimum Gasteiger partial charge on any atom is -0.468 e. The highest BCUT2D eigenvalue weighted by Gasteiger charge is 2.31. The molecule has 0 radical (unpaired) electrons.